The summed E-state index contributed by atoms with van der Waals surface area (Å²) in [4.78, 5) is 13.8. The van der Waals surface area contributed by atoms with E-state index in [-0.39, 0.29) is 0 Å². The van der Waals surface area contributed by atoms with E-state index < -0.39 is 0 Å². The zero-order valence-corrected chi connectivity index (χ0v) is 17.3. The standard InChI is InChI=1S/C21H31N7O/c1-29-21-13-19(22-15-23-21)28(16-6-7-16)17-8-11-26(12-9-17)14-20-25-24-18-5-3-2-4-10-27(18)20/h13,15-17H,2-12,14H2,1H3. The lowest BCUT2D eigenvalue weighted by atomic mass is 10.0. The molecule has 8 heteroatoms. The van der Waals surface area contributed by atoms with Crippen molar-refractivity contribution in [2.45, 2.75) is 76.5 Å². The van der Waals surface area contributed by atoms with Gasteiger partial charge in [0.05, 0.1) is 13.7 Å². The van der Waals surface area contributed by atoms with Gasteiger partial charge in [0, 0.05) is 44.2 Å². The predicted octanol–water partition coefficient (Wildman–Crippen LogP) is 2.44. The first-order valence-corrected chi connectivity index (χ1v) is 11.1. The normalized spacial score (nSPS) is 20.9. The van der Waals surface area contributed by atoms with E-state index in [0.717, 1.165) is 57.1 Å². The molecular weight excluding hydrogens is 366 g/mol. The van der Waals surface area contributed by atoms with Crippen molar-refractivity contribution < 1.29 is 4.74 Å². The summed E-state index contributed by atoms with van der Waals surface area (Å²) in [7, 11) is 1.66. The minimum atomic E-state index is 0.536. The molecule has 1 saturated carbocycles. The Kier molecular flexibility index (Phi) is 5.35. The first kappa shape index (κ1) is 18.8. The second-order valence-electron chi connectivity index (χ2n) is 8.56. The maximum Gasteiger partial charge on any atom is 0.218 e. The Bertz CT molecular complexity index is 826. The predicted molar refractivity (Wildman–Crippen MR) is 110 cm³/mol. The monoisotopic (exact) mass is 397 g/mol. The Morgan fingerprint density at radius 3 is 2.62 bits per heavy atom. The Labute approximate surface area is 172 Å². The van der Waals surface area contributed by atoms with Crippen LogP contribution in [0.25, 0.3) is 0 Å². The zero-order chi connectivity index (χ0) is 19.6. The first-order valence-electron chi connectivity index (χ1n) is 11.1. The topological polar surface area (TPSA) is 72.2 Å². The van der Waals surface area contributed by atoms with Gasteiger partial charge in [-0.05, 0) is 38.5 Å². The molecule has 2 aromatic heterocycles. The minimum Gasteiger partial charge on any atom is -0.481 e. The number of likely N-dealkylation sites (tertiary alicyclic amines) is 1. The van der Waals surface area contributed by atoms with Crippen LogP contribution in [0.4, 0.5) is 5.82 Å². The number of ether oxygens (including phenoxy) is 1. The van der Waals surface area contributed by atoms with Gasteiger partial charge in [-0.25, -0.2) is 9.97 Å². The fraction of sp³-hybridized carbons (Fsp3) is 0.714. The summed E-state index contributed by atoms with van der Waals surface area (Å²) < 4.78 is 7.70. The van der Waals surface area contributed by atoms with Crippen LogP contribution in [-0.2, 0) is 19.5 Å². The number of aromatic nitrogens is 5. The lowest BCUT2D eigenvalue weighted by Gasteiger charge is -2.39. The molecule has 0 amide bonds. The Morgan fingerprint density at radius 2 is 1.83 bits per heavy atom. The van der Waals surface area contributed by atoms with Gasteiger partial charge in [-0.15, -0.1) is 10.2 Å². The lowest BCUT2D eigenvalue weighted by molar-refractivity contribution is 0.193. The Balaban J connectivity index is 1.23. The molecule has 5 rings (SSSR count). The van der Waals surface area contributed by atoms with Crippen LogP contribution in [0.1, 0.15) is 56.6 Å². The van der Waals surface area contributed by atoms with E-state index in [9.17, 15) is 0 Å². The summed E-state index contributed by atoms with van der Waals surface area (Å²) >= 11 is 0. The summed E-state index contributed by atoms with van der Waals surface area (Å²) in [5.74, 6) is 4.00. The Hall–Kier alpha value is -2.22. The SMILES string of the molecule is COc1cc(N(C2CC2)C2CCN(Cc3nnc4n3CCCCC4)CC2)ncn1. The molecule has 0 unspecified atom stereocenters. The highest BCUT2D eigenvalue weighted by atomic mass is 16.5. The minimum absolute atomic E-state index is 0.536. The van der Waals surface area contributed by atoms with E-state index in [1.54, 1.807) is 13.4 Å². The molecule has 1 saturated heterocycles. The molecule has 3 aliphatic rings. The van der Waals surface area contributed by atoms with Gasteiger partial charge in [-0.2, -0.15) is 0 Å². The number of nitrogens with zero attached hydrogens (tertiary/aromatic N) is 7. The molecule has 0 spiro atoms. The number of fused-ring (bicyclic) bond motifs is 1. The van der Waals surface area contributed by atoms with Crippen molar-refractivity contribution in [1.82, 2.24) is 29.6 Å². The molecule has 29 heavy (non-hydrogen) atoms. The maximum atomic E-state index is 5.32. The smallest absolute Gasteiger partial charge is 0.218 e. The Morgan fingerprint density at radius 1 is 1.00 bits per heavy atom. The van der Waals surface area contributed by atoms with Crippen LogP contribution < -0.4 is 9.64 Å². The van der Waals surface area contributed by atoms with Gasteiger partial charge in [-0.1, -0.05) is 6.42 Å². The van der Waals surface area contributed by atoms with Crippen LogP contribution in [0.3, 0.4) is 0 Å². The van der Waals surface area contributed by atoms with Gasteiger partial charge in [0.1, 0.15) is 23.8 Å². The average molecular weight is 398 g/mol. The van der Waals surface area contributed by atoms with Crippen LogP contribution in [-0.4, -0.2) is 61.9 Å². The second-order valence-corrected chi connectivity index (χ2v) is 8.56. The van der Waals surface area contributed by atoms with Gasteiger partial charge in [0.2, 0.25) is 5.88 Å². The number of methoxy groups -OCH3 is 1. The molecular formula is C21H31N7O. The molecule has 4 heterocycles. The van der Waals surface area contributed by atoms with Gasteiger partial charge in [-0.3, -0.25) is 4.90 Å². The van der Waals surface area contributed by atoms with Crippen LogP contribution in [0, 0.1) is 0 Å². The molecule has 0 atom stereocenters. The average Bonchev–Trinajstić information content (AvgIpc) is 3.56. The van der Waals surface area contributed by atoms with Gasteiger partial charge in [0.15, 0.2) is 0 Å². The molecule has 1 aliphatic carbocycles. The first-order chi connectivity index (χ1) is 14.3. The van der Waals surface area contributed by atoms with Crippen molar-refractivity contribution in [3.63, 3.8) is 0 Å². The number of piperidine rings is 1. The summed E-state index contributed by atoms with van der Waals surface area (Å²) in [6.45, 7) is 4.19. The van der Waals surface area contributed by atoms with Crippen LogP contribution in [0.2, 0.25) is 0 Å². The van der Waals surface area contributed by atoms with Gasteiger partial charge < -0.3 is 14.2 Å². The largest absolute Gasteiger partial charge is 0.481 e. The van der Waals surface area contributed by atoms with Crippen molar-refractivity contribution in [2.24, 2.45) is 0 Å². The maximum absolute atomic E-state index is 5.32. The number of rotatable bonds is 6. The molecule has 0 bridgehead atoms. The summed E-state index contributed by atoms with van der Waals surface area (Å²) in [5.41, 5.74) is 0. The molecule has 0 N–H and O–H groups in total. The highest BCUT2D eigenvalue weighted by molar-refractivity contribution is 5.45. The number of hydrogen-bond acceptors (Lipinski definition) is 7. The van der Waals surface area contributed by atoms with Gasteiger partial charge >= 0.3 is 0 Å². The van der Waals surface area contributed by atoms with Crippen molar-refractivity contribution >= 4 is 5.82 Å². The van der Waals surface area contributed by atoms with Crippen LogP contribution in [0.15, 0.2) is 12.4 Å². The van der Waals surface area contributed by atoms with Crippen LogP contribution in [0.5, 0.6) is 5.88 Å². The van der Waals surface area contributed by atoms with E-state index in [1.165, 1.54) is 37.9 Å². The fourth-order valence-electron chi connectivity index (χ4n) is 4.83. The quantitative estimate of drug-likeness (QED) is 0.741. The van der Waals surface area contributed by atoms with E-state index in [2.05, 4.69) is 34.5 Å². The molecule has 2 aliphatic heterocycles. The third kappa shape index (κ3) is 4.08. The lowest BCUT2D eigenvalue weighted by Crippen LogP contribution is -2.46. The second kappa shape index (κ2) is 8.26. The molecule has 0 radical (unpaired) electrons. The number of hydrogen-bond donors (Lipinski definition) is 0. The molecule has 2 fully saturated rings. The fourth-order valence-corrected chi connectivity index (χ4v) is 4.83. The summed E-state index contributed by atoms with van der Waals surface area (Å²) in [5, 5.41) is 8.99. The zero-order valence-electron chi connectivity index (χ0n) is 17.3. The van der Waals surface area contributed by atoms with E-state index in [0.29, 0.717) is 18.0 Å². The highest BCUT2D eigenvalue weighted by Gasteiger charge is 2.36. The third-order valence-corrected chi connectivity index (χ3v) is 6.54. The third-order valence-electron chi connectivity index (χ3n) is 6.54. The number of anilines is 1. The van der Waals surface area contributed by atoms with Crippen molar-refractivity contribution in [1.29, 1.82) is 0 Å². The molecule has 8 nitrogen and oxygen atoms in total. The molecule has 2 aromatic rings. The van der Waals surface area contributed by atoms with E-state index >= 15 is 0 Å². The van der Waals surface area contributed by atoms with Crippen LogP contribution >= 0.6 is 0 Å². The highest BCUT2D eigenvalue weighted by Crippen LogP contribution is 2.36. The molecule has 0 aromatic carbocycles. The summed E-state index contributed by atoms with van der Waals surface area (Å²) in [6.07, 6.45) is 11.3. The number of aryl methyl sites for hydroxylation is 1. The van der Waals surface area contributed by atoms with Crippen molar-refractivity contribution in [3.05, 3.63) is 24.0 Å². The van der Waals surface area contributed by atoms with E-state index in [4.69, 9.17) is 4.74 Å². The molecule has 156 valence electrons. The van der Waals surface area contributed by atoms with Crippen molar-refractivity contribution in [3.8, 4) is 5.88 Å². The van der Waals surface area contributed by atoms with E-state index in [1.807, 2.05) is 6.07 Å². The summed E-state index contributed by atoms with van der Waals surface area (Å²) in [6, 6.07) is 3.14. The van der Waals surface area contributed by atoms with Crippen molar-refractivity contribution in [2.75, 3.05) is 25.1 Å². The van der Waals surface area contributed by atoms with Gasteiger partial charge in [0.25, 0.3) is 0 Å².